The summed E-state index contributed by atoms with van der Waals surface area (Å²) in [6.07, 6.45) is 0. The highest BCUT2D eigenvalue weighted by Crippen LogP contribution is 2.19. The minimum atomic E-state index is -3.67. The van der Waals surface area contributed by atoms with Crippen LogP contribution in [0.4, 0.5) is 5.69 Å². The van der Waals surface area contributed by atoms with Crippen LogP contribution in [0.25, 0.3) is 0 Å². The van der Waals surface area contributed by atoms with Crippen molar-refractivity contribution in [3.05, 3.63) is 81.0 Å². The van der Waals surface area contributed by atoms with Crippen LogP contribution in [0.2, 0.25) is 0 Å². The van der Waals surface area contributed by atoms with Gasteiger partial charge in [0.25, 0.3) is 15.9 Å². The molecule has 0 aliphatic rings. The van der Waals surface area contributed by atoms with Crippen LogP contribution in [-0.4, -0.2) is 14.3 Å². The molecule has 1 heterocycles. The lowest BCUT2D eigenvalue weighted by molar-refractivity contribution is 0.0951. The number of benzene rings is 2. The van der Waals surface area contributed by atoms with Gasteiger partial charge < -0.3 is 5.32 Å². The van der Waals surface area contributed by atoms with Crippen molar-refractivity contribution in [1.82, 2.24) is 5.32 Å². The molecule has 1 amide bonds. The highest BCUT2D eigenvalue weighted by molar-refractivity contribution is 9.10. The second kappa shape index (κ2) is 8.03. The quantitative estimate of drug-likeness (QED) is 0.589. The highest BCUT2D eigenvalue weighted by atomic mass is 79.9. The molecule has 0 saturated carbocycles. The summed E-state index contributed by atoms with van der Waals surface area (Å²) < 4.78 is 28.0. The molecule has 0 spiro atoms. The fraction of sp³-hybridized carbons (Fsp3) is 0.0556. The molecule has 2 aromatic carbocycles. The van der Waals surface area contributed by atoms with Crippen molar-refractivity contribution in [2.24, 2.45) is 0 Å². The SMILES string of the molecule is O=C(NCc1cccs1)c1ccc(NS(=O)(=O)c2ccc(Br)cc2)cc1. The minimum absolute atomic E-state index is 0.165. The average Bonchev–Trinajstić information content (AvgIpc) is 3.14. The van der Waals surface area contributed by atoms with Crippen molar-refractivity contribution in [3.63, 3.8) is 0 Å². The van der Waals surface area contributed by atoms with Gasteiger partial charge in [-0.3, -0.25) is 9.52 Å². The summed E-state index contributed by atoms with van der Waals surface area (Å²) in [5.74, 6) is -0.208. The molecule has 8 heteroatoms. The third kappa shape index (κ3) is 4.72. The van der Waals surface area contributed by atoms with Crippen molar-refractivity contribution in [2.75, 3.05) is 4.72 Å². The van der Waals surface area contributed by atoms with Gasteiger partial charge in [0.1, 0.15) is 0 Å². The van der Waals surface area contributed by atoms with Crippen molar-refractivity contribution in [3.8, 4) is 0 Å². The number of nitrogens with one attached hydrogen (secondary N) is 2. The zero-order valence-corrected chi connectivity index (χ0v) is 16.7. The van der Waals surface area contributed by atoms with Crippen LogP contribution in [0.3, 0.4) is 0 Å². The van der Waals surface area contributed by atoms with Gasteiger partial charge in [-0.25, -0.2) is 8.42 Å². The number of halogens is 1. The normalized spacial score (nSPS) is 11.1. The molecule has 3 aromatic rings. The maximum Gasteiger partial charge on any atom is 0.261 e. The third-order valence-corrected chi connectivity index (χ3v) is 6.33. The van der Waals surface area contributed by atoms with E-state index in [1.54, 1.807) is 47.7 Å². The van der Waals surface area contributed by atoms with E-state index < -0.39 is 10.0 Å². The van der Waals surface area contributed by atoms with Crippen LogP contribution < -0.4 is 10.0 Å². The standard InChI is InChI=1S/C18H15BrN2O3S2/c19-14-5-9-17(10-6-14)26(23,24)21-15-7-3-13(4-8-15)18(22)20-12-16-2-1-11-25-16/h1-11,21H,12H2,(H,20,22). The first kappa shape index (κ1) is 18.6. The van der Waals surface area contributed by atoms with Gasteiger partial charge in [-0.2, -0.15) is 0 Å². The summed E-state index contributed by atoms with van der Waals surface area (Å²) in [6, 6.07) is 16.5. The number of hydrogen-bond donors (Lipinski definition) is 2. The van der Waals surface area contributed by atoms with Crippen LogP contribution >= 0.6 is 27.3 Å². The van der Waals surface area contributed by atoms with Gasteiger partial charge in [0.15, 0.2) is 0 Å². The smallest absolute Gasteiger partial charge is 0.261 e. The van der Waals surface area contributed by atoms with Crippen LogP contribution in [0, 0.1) is 0 Å². The molecule has 0 radical (unpaired) electrons. The molecule has 26 heavy (non-hydrogen) atoms. The molecule has 134 valence electrons. The molecule has 0 aliphatic carbocycles. The van der Waals surface area contributed by atoms with Crippen LogP contribution in [-0.2, 0) is 16.6 Å². The summed E-state index contributed by atoms with van der Waals surface area (Å²) in [5.41, 5.74) is 0.857. The Hall–Kier alpha value is -2.16. The lowest BCUT2D eigenvalue weighted by atomic mass is 10.2. The third-order valence-electron chi connectivity index (χ3n) is 3.53. The fourth-order valence-corrected chi connectivity index (χ4v) is 4.17. The monoisotopic (exact) mass is 450 g/mol. The molecule has 0 saturated heterocycles. The number of hydrogen-bond acceptors (Lipinski definition) is 4. The van der Waals surface area contributed by atoms with Crippen LogP contribution in [0.15, 0.2) is 75.4 Å². The summed E-state index contributed by atoms with van der Waals surface area (Å²) >= 11 is 4.85. The number of anilines is 1. The minimum Gasteiger partial charge on any atom is -0.347 e. The predicted molar refractivity (Wildman–Crippen MR) is 107 cm³/mol. The lowest BCUT2D eigenvalue weighted by Gasteiger charge is -2.09. The van der Waals surface area contributed by atoms with E-state index in [0.29, 0.717) is 17.8 Å². The number of amides is 1. The molecule has 0 aliphatic heterocycles. The Bertz CT molecular complexity index is 984. The first-order valence-electron chi connectivity index (χ1n) is 7.63. The number of rotatable bonds is 6. The lowest BCUT2D eigenvalue weighted by Crippen LogP contribution is -2.22. The van der Waals surface area contributed by atoms with E-state index in [9.17, 15) is 13.2 Å². The maximum atomic E-state index is 12.4. The second-order valence-electron chi connectivity index (χ2n) is 5.40. The van der Waals surface area contributed by atoms with Crippen molar-refractivity contribution in [1.29, 1.82) is 0 Å². The van der Waals surface area contributed by atoms with E-state index in [0.717, 1.165) is 9.35 Å². The molecule has 5 nitrogen and oxygen atoms in total. The van der Waals surface area contributed by atoms with E-state index >= 15 is 0 Å². The summed E-state index contributed by atoms with van der Waals surface area (Å²) in [5, 5.41) is 4.78. The van der Waals surface area contributed by atoms with Gasteiger partial charge in [0.2, 0.25) is 0 Å². The van der Waals surface area contributed by atoms with Crippen molar-refractivity contribution >= 4 is 48.9 Å². The maximum absolute atomic E-state index is 12.4. The molecule has 0 atom stereocenters. The van der Waals surface area contributed by atoms with Gasteiger partial charge in [0, 0.05) is 20.6 Å². The first-order valence-corrected chi connectivity index (χ1v) is 10.8. The molecule has 2 N–H and O–H groups in total. The fourth-order valence-electron chi connectivity index (χ4n) is 2.20. The largest absolute Gasteiger partial charge is 0.347 e. The Morgan fingerprint density at radius 3 is 2.31 bits per heavy atom. The van der Waals surface area contributed by atoms with Gasteiger partial charge in [-0.05, 0) is 60.0 Å². The Labute approximate surface area is 164 Å². The van der Waals surface area contributed by atoms with E-state index in [1.165, 1.54) is 12.1 Å². The Kier molecular flexibility index (Phi) is 5.75. The Morgan fingerprint density at radius 2 is 1.69 bits per heavy atom. The van der Waals surface area contributed by atoms with E-state index in [4.69, 9.17) is 0 Å². The molecule has 3 rings (SSSR count). The summed E-state index contributed by atoms with van der Waals surface area (Å²) in [7, 11) is -3.67. The van der Waals surface area contributed by atoms with E-state index in [2.05, 4.69) is 26.0 Å². The number of thiophene rings is 1. The number of carbonyl (C=O) groups is 1. The topological polar surface area (TPSA) is 75.3 Å². The average molecular weight is 451 g/mol. The van der Waals surface area contributed by atoms with Crippen molar-refractivity contribution < 1.29 is 13.2 Å². The summed E-state index contributed by atoms with van der Waals surface area (Å²) in [6.45, 7) is 0.467. The molecule has 0 bridgehead atoms. The van der Waals surface area contributed by atoms with Gasteiger partial charge >= 0.3 is 0 Å². The number of sulfonamides is 1. The Morgan fingerprint density at radius 1 is 1.00 bits per heavy atom. The van der Waals surface area contributed by atoms with Gasteiger partial charge in [-0.1, -0.05) is 22.0 Å². The van der Waals surface area contributed by atoms with E-state index in [1.807, 2.05) is 17.5 Å². The van der Waals surface area contributed by atoms with Crippen LogP contribution in [0.1, 0.15) is 15.2 Å². The van der Waals surface area contributed by atoms with Crippen LogP contribution in [0.5, 0.6) is 0 Å². The molecule has 1 aromatic heterocycles. The first-order chi connectivity index (χ1) is 12.4. The zero-order valence-electron chi connectivity index (χ0n) is 13.5. The molecule has 0 unspecified atom stereocenters. The molecule has 0 fully saturated rings. The van der Waals surface area contributed by atoms with E-state index in [-0.39, 0.29) is 10.8 Å². The van der Waals surface area contributed by atoms with Crippen molar-refractivity contribution in [2.45, 2.75) is 11.4 Å². The van der Waals surface area contributed by atoms with Gasteiger partial charge in [-0.15, -0.1) is 11.3 Å². The Balaban J connectivity index is 1.65. The molecular weight excluding hydrogens is 436 g/mol. The predicted octanol–water partition coefficient (Wildman–Crippen LogP) is 4.24. The highest BCUT2D eigenvalue weighted by Gasteiger charge is 2.14. The second-order valence-corrected chi connectivity index (χ2v) is 9.03. The zero-order chi connectivity index (χ0) is 18.6. The summed E-state index contributed by atoms with van der Waals surface area (Å²) in [4.78, 5) is 13.4. The van der Waals surface area contributed by atoms with Gasteiger partial charge in [0.05, 0.1) is 11.4 Å². The number of carbonyl (C=O) groups excluding carboxylic acids is 1. The molecular formula is C18H15BrN2O3S2.